The van der Waals surface area contributed by atoms with Gasteiger partial charge < -0.3 is 14.2 Å². The van der Waals surface area contributed by atoms with E-state index in [-0.39, 0.29) is 25.2 Å². The number of hydrogen-bond acceptors (Lipinski definition) is 5. The molecule has 0 saturated heterocycles. The number of rotatable bonds is 42. The quantitative estimate of drug-likeness (QED) is 0.0349. The molecule has 0 fully saturated rings. The summed E-state index contributed by atoms with van der Waals surface area (Å²) in [6.07, 6.45) is 64.3. The van der Waals surface area contributed by atoms with Gasteiger partial charge in [0, 0.05) is 12.8 Å². The van der Waals surface area contributed by atoms with Gasteiger partial charge in [-0.25, -0.2) is 0 Å². The van der Waals surface area contributed by atoms with Gasteiger partial charge in [0.25, 0.3) is 0 Å². The van der Waals surface area contributed by atoms with Gasteiger partial charge in [-0.1, -0.05) is 182 Å². The molecule has 0 N–H and O–H groups in total. The average molecular weight is 805 g/mol. The van der Waals surface area contributed by atoms with Crippen LogP contribution in [-0.2, 0) is 23.8 Å². The highest BCUT2D eigenvalue weighted by atomic mass is 16.6. The summed E-state index contributed by atoms with van der Waals surface area (Å²) in [5.41, 5.74) is 0. The van der Waals surface area contributed by atoms with Crippen molar-refractivity contribution in [1.82, 2.24) is 0 Å². The molecule has 0 aliphatic carbocycles. The number of unbranched alkanes of at least 4 members (excludes halogenated alkanes) is 15. The van der Waals surface area contributed by atoms with E-state index in [4.69, 9.17) is 14.2 Å². The van der Waals surface area contributed by atoms with E-state index < -0.39 is 6.10 Å². The van der Waals surface area contributed by atoms with Gasteiger partial charge in [-0.15, -0.1) is 0 Å². The van der Waals surface area contributed by atoms with Gasteiger partial charge in [-0.2, -0.15) is 0 Å². The standard InChI is InChI=1S/C53H88O5/c1-4-7-10-13-16-19-22-24-26-28-30-33-36-39-42-45-48-56-49-51(58-53(55)47-44-41-38-35-31-21-18-15-12-9-6-3)50-57-52(54)46-43-40-37-34-32-29-27-25-23-20-17-14-11-8-5-2/h7,10,15-20,24-27,30,33,39,42,51H,4-6,8-9,11-14,21-23,28-29,31-32,34-38,40-41,43-50H2,1-3H3/b10-7-,18-15-,19-16-,20-17-,26-24-,27-25-,33-30-,42-39-. The van der Waals surface area contributed by atoms with E-state index in [1.54, 1.807) is 0 Å². The fraction of sp³-hybridized carbons (Fsp3) is 0.660. The Bertz CT molecular complexity index is 1140. The number of hydrogen-bond donors (Lipinski definition) is 0. The fourth-order valence-corrected chi connectivity index (χ4v) is 6.05. The lowest BCUT2D eigenvalue weighted by atomic mass is 10.1. The van der Waals surface area contributed by atoms with E-state index >= 15 is 0 Å². The van der Waals surface area contributed by atoms with E-state index in [1.165, 1.54) is 70.6 Å². The lowest BCUT2D eigenvalue weighted by Crippen LogP contribution is -2.30. The van der Waals surface area contributed by atoms with Crippen molar-refractivity contribution in [2.45, 2.75) is 207 Å². The van der Waals surface area contributed by atoms with Gasteiger partial charge in [0.1, 0.15) is 6.61 Å². The molecular formula is C53H88O5. The van der Waals surface area contributed by atoms with Gasteiger partial charge >= 0.3 is 11.9 Å². The summed E-state index contributed by atoms with van der Waals surface area (Å²) in [5, 5.41) is 0. The van der Waals surface area contributed by atoms with Crippen molar-refractivity contribution < 1.29 is 23.8 Å². The molecule has 330 valence electrons. The summed E-state index contributed by atoms with van der Waals surface area (Å²) in [4.78, 5) is 25.3. The smallest absolute Gasteiger partial charge is 0.306 e. The molecule has 0 bridgehead atoms. The van der Waals surface area contributed by atoms with Crippen molar-refractivity contribution in [3.63, 3.8) is 0 Å². The van der Waals surface area contributed by atoms with Crippen LogP contribution in [0.5, 0.6) is 0 Å². The largest absolute Gasteiger partial charge is 0.462 e. The van der Waals surface area contributed by atoms with Crippen LogP contribution in [0.25, 0.3) is 0 Å². The predicted octanol–water partition coefficient (Wildman–Crippen LogP) is 15.9. The minimum Gasteiger partial charge on any atom is -0.462 e. The molecule has 0 aromatic heterocycles. The molecule has 58 heavy (non-hydrogen) atoms. The maximum atomic E-state index is 12.7. The maximum Gasteiger partial charge on any atom is 0.306 e. The van der Waals surface area contributed by atoms with E-state index in [1.807, 2.05) is 0 Å². The Morgan fingerprint density at radius 1 is 0.397 bits per heavy atom. The highest BCUT2D eigenvalue weighted by molar-refractivity contribution is 5.70. The Balaban J connectivity index is 4.42. The normalized spacial score (nSPS) is 13.1. The van der Waals surface area contributed by atoms with Crippen molar-refractivity contribution in [3.05, 3.63) is 97.2 Å². The summed E-state index contributed by atoms with van der Waals surface area (Å²) >= 11 is 0. The number of carbonyl (C=O) groups excluding carboxylic acids is 2. The molecule has 0 aromatic rings. The summed E-state index contributed by atoms with van der Waals surface area (Å²) in [5.74, 6) is -0.472. The lowest BCUT2D eigenvalue weighted by molar-refractivity contribution is -0.162. The second kappa shape index (κ2) is 48.2. The van der Waals surface area contributed by atoms with E-state index in [9.17, 15) is 9.59 Å². The summed E-state index contributed by atoms with van der Waals surface area (Å²) in [6.45, 7) is 7.40. The first-order chi connectivity index (χ1) is 28.6. The summed E-state index contributed by atoms with van der Waals surface area (Å²) in [7, 11) is 0. The van der Waals surface area contributed by atoms with Crippen LogP contribution in [0.2, 0.25) is 0 Å². The van der Waals surface area contributed by atoms with Crippen LogP contribution in [0, 0.1) is 0 Å². The van der Waals surface area contributed by atoms with Crippen molar-refractivity contribution in [2.75, 3.05) is 19.8 Å². The molecule has 0 aliphatic heterocycles. The zero-order valence-electron chi connectivity index (χ0n) is 37.8. The lowest BCUT2D eigenvalue weighted by Gasteiger charge is -2.18. The first-order valence-electron chi connectivity index (χ1n) is 23.8. The molecule has 1 unspecified atom stereocenters. The van der Waals surface area contributed by atoms with E-state index in [0.717, 1.165) is 96.3 Å². The zero-order valence-corrected chi connectivity index (χ0v) is 37.8. The number of ether oxygens (including phenoxy) is 3. The summed E-state index contributed by atoms with van der Waals surface area (Å²) < 4.78 is 17.2. The molecule has 0 aromatic carbocycles. The van der Waals surface area contributed by atoms with Gasteiger partial charge in [0.05, 0.1) is 13.2 Å². The molecule has 1 atom stereocenters. The van der Waals surface area contributed by atoms with Gasteiger partial charge in [-0.3, -0.25) is 9.59 Å². The van der Waals surface area contributed by atoms with Crippen LogP contribution in [0.1, 0.15) is 201 Å². The first-order valence-corrected chi connectivity index (χ1v) is 23.8. The second-order valence-corrected chi connectivity index (χ2v) is 15.3. The molecule has 0 aliphatic rings. The predicted molar refractivity (Wildman–Crippen MR) is 251 cm³/mol. The zero-order chi connectivity index (χ0) is 42.1. The van der Waals surface area contributed by atoms with Crippen molar-refractivity contribution >= 4 is 11.9 Å². The van der Waals surface area contributed by atoms with Gasteiger partial charge in [-0.05, 0) is 103 Å². The minimum absolute atomic E-state index is 0.0400. The molecule has 0 saturated carbocycles. The highest BCUT2D eigenvalue weighted by Crippen LogP contribution is 2.12. The molecule has 0 heterocycles. The van der Waals surface area contributed by atoms with E-state index in [0.29, 0.717) is 19.4 Å². The third-order valence-electron chi connectivity index (χ3n) is 9.59. The topological polar surface area (TPSA) is 61.8 Å². The first kappa shape index (κ1) is 54.8. The van der Waals surface area contributed by atoms with Crippen molar-refractivity contribution in [3.8, 4) is 0 Å². The second-order valence-electron chi connectivity index (χ2n) is 15.3. The van der Waals surface area contributed by atoms with Crippen LogP contribution in [0.4, 0.5) is 0 Å². The Morgan fingerprint density at radius 2 is 0.793 bits per heavy atom. The Morgan fingerprint density at radius 3 is 1.31 bits per heavy atom. The van der Waals surface area contributed by atoms with Crippen LogP contribution < -0.4 is 0 Å². The Kier molecular flexibility index (Phi) is 45.5. The minimum atomic E-state index is -0.589. The van der Waals surface area contributed by atoms with Gasteiger partial charge in [0.15, 0.2) is 6.10 Å². The number of allylic oxidation sites excluding steroid dienone is 15. The summed E-state index contributed by atoms with van der Waals surface area (Å²) in [6, 6.07) is 0. The van der Waals surface area contributed by atoms with Gasteiger partial charge in [0.2, 0.25) is 0 Å². The van der Waals surface area contributed by atoms with Crippen LogP contribution in [0.3, 0.4) is 0 Å². The number of esters is 2. The fourth-order valence-electron chi connectivity index (χ4n) is 6.05. The van der Waals surface area contributed by atoms with Crippen LogP contribution >= 0.6 is 0 Å². The third kappa shape index (κ3) is 45.5. The number of carbonyl (C=O) groups is 2. The van der Waals surface area contributed by atoms with E-state index in [2.05, 4.69) is 118 Å². The molecule has 0 radical (unpaired) electrons. The average Bonchev–Trinajstić information content (AvgIpc) is 3.22. The van der Waals surface area contributed by atoms with Crippen molar-refractivity contribution in [1.29, 1.82) is 0 Å². The molecule has 5 heteroatoms. The maximum absolute atomic E-state index is 12.7. The molecule has 0 amide bonds. The highest BCUT2D eigenvalue weighted by Gasteiger charge is 2.17. The van der Waals surface area contributed by atoms with Crippen LogP contribution in [0.15, 0.2) is 97.2 Å². The molecule has 0 spiro atoms. The monoisotopic (exact) mass is 805 g/mol. The Labute approximate surface area is 358 Å². The molecular weight excluding hydrogens is 717 g/mol. The molecule has 0 rings (SSSR count). The van der Waals surface area contributed by atoms with Crippen LogP contribution in [-0.4, -0.2) is 37.9 Å². The SMILES string of the molecule is CC/C=C\C/C=C\C/C=C\C/C=C\C/C=C\CCOCC(COC(=O)CCCCCCC/C=C\C/C=C\CCCCC)OC(=O)CCCCCCC/C=C\CCCC. The molecule has 5 nitrogen and oxygen atoms in total. The van der Waals surface area contributed by atoms with Crippen molar-refractivity contribution in [2.24, 2.45) is 0 Å². The third-order valence-corrected chi connectivity index (χ3v) is 9.59. The Hall–Kier alpha value is -3.18.